The summed E-state index contributed by atoms with van der Waals surface area (Å²) in [5, 5.41) is 0. The van der Waals surface area contributed by atoms with Gasteiger partial charge in [-0.25, -0.2) is 4.98 Å². The van der Waals surface area contributed by atoms with Crippen LogP contribution < -0.4 is 0 Å². The third-order valence-electron chi connectivity index (χ3n) is 4.87. The van der Waals surface area contributed by atoms with Gasteiger partial charge in [0.25, 0.3) is 0 Å². The van der Waals surface area contributed by atoms with Crippen LogP contribution >= 0.6 is 0 Å². The molecule has 0 saturated carbocycles. The van der Waals surface area contributed by atoms with Gasteiger partial charge in [-0.2, -0.15) is 0 Å². The van der Waals surface area contributed by atoms with Crippen molar-refractivity contribution in [2.24, 2.45) is 0 Å². The fourth-order valence-corrected chi connectivity index (χ4v) is 3.83. The lowest BCUT2D eigenvalue weighted by atomic mass is 9.88. The molecule has 2 saturated heterocycles. The average molecular weight is 298 g/mol. The molecule has 2 aromatic rings. The van der Waals surface area contributed by atoms with E-state index in [-0.39, 0.29) is 5.60 Å². The predicted molar refractivity (Wildman–Crippen MR) is 83.3 cm³/mol. The van der Waals surface area contributed by atoms with Gasteiger partial charge < -0.3 is 9.30 Å². The first-order valence-electron chi connectivity index (χ1n) is 8.07. The van der Waals surface area contributed by atoms with Crippen LogP contribution in [0.1, 0.15) is 31.0 Å². The van der Waals surface area contributed by atoms with Crippen molar-refractivity contribution in [2.45, 2.75) is 37.5 Å². The first-order valence-corrected chi connectivity index (χ1v) is 8.07. The van der Waals surface area contributed by atoms with Crippen LogP contribution in [0.4, 0.5) is 0 Å². The lowest BCUT2D eigenvalue weighted by Crippen LogP contribution is -2.47. The highest BCUT2D eigenvalue weighted by molar-refractivity contribution is 5.05. The van der Waals surface area contributed by atoms with Gasteiger partial charge in [-0.1, -0.05) is 6.07 Å². The summed E-state index contributed by atoms with van der Waals surface area (Å²) in [4.78, 5) is 11.1. The molecule has 1 spiro atoms. The number of pyridine rings is 1. The number of ether oxygens (including phenoxy) is 1. The van der Waals surface area contributed by atoms with Crippen molar-refractivity contribution in [3.63, 3.8) is 0 Å². The van der Waals surface area contributed by atoms with Crippen LogP contribution in [0.25, 0.3) is 0 Å². The smallest absolute Gasteiger partial charge is 0.0949 e. The molecule has 0 amide bonds. The molecular formula is C17H22N4O. The summed E-state index contributed by atoms with van der Waals surface area (Å²) in [6.07, 6.45) is 11.1. The summed E-state index contributed by atoms with van der Waals surface area (Å²) in [6.45, 7) is 3.86. The fourth-order valence-electron chi connectivity index (χ4n) is 3.83. The zero-order valence-corrected chi connectivity index (χ0v) is 12.8. The summed E-state index contributed by atoms with van der Waals surface area (Å²) in [5.74, 6) is 0. The lowest BCUT2D eigenvalue weighted by molar-refractivity contribution is -0.0537. The van der Waals surface area contributed by atoms with E-state index < -0.39 is 0 Å². The summed E-state index contributed by atoms with van der Waals surface area (Å²) < 4.78 is 8.46. The van der Waals surface area contributed by atoms with Gasteiger partial charge in [0, 0.05) is 38.1 Å². The van der Waals surface area contributed by atoms with Crippen molar-refractivity contribution < 1.29 is 4.74 Å². The van der Waals surface area contributed by atoms with Gasteiger partial charge in [0.05, 0.1) is 30.3 Å². The molecule has 2 atom stereocenters. The minimum Gasteiger partial charge on any atom is -0.371 e. The third-order valence-corrected chi connectivity index (χ3v) is 4.87. The molecule has 0 N–H and O–H groups in total. The largest absolute Gasteiger partial charge is 0.371 e. The monoisotopic (exact) mass is 298 g/mol. The van der Waals surface area contributed by atoms with Crippen molar-refractivity contribution in [3.05, 3.63) is 48.8 Å². The fraction of sp³-hybridized carbons (Fsp3) is 0.529. The van der Waals surface area contributed by atoms with Crippen LogP contribution in [0.15, 0.2) is 43.1 Å². The van der Waals surface area contributed by atoms with E-state index in [0.717, 1.165) is 44.8 Å². The van der Waals surface area contributed by atoms with E-state index in [1.54, 1.807) is 0 Å². The topological polar surface area (TPSA) is 43.2 Å². The normalized spacial score (nSPS) is 29.2. The molecule has 2 aliphatic heterocycles. The minimum absolute atomic E-state index is 0.0158. The van der Waals surface area contributed by atoms with Crippen LogP contribution in [-0.4, -0.2) is 44.7 Å². The number of hydrogen-bond donors (Lipinski definition) is 0. The zero-order valence-electron chi connectivity index (χ0n) is 12.8. The highest BCUT2D eigenvalue weighted by Crippen LogP contribution is 2.39. The number of rotatable bonds is 3. The van der Waals surface area contributed by atoms with E-state index in [2.05, 4.69) is 31.6 Å². The van der Waals surface area contributed by atoms with Crippen molar-refractivity contribution in [3.8, 4) is 0 Å². The number of imidazole rings is 1. The number of hydrogen-bond acceptors (Lipinski definition) is 4. The Morgan fingerprint density at radius 2 is 2.32 bits per heavy atom. The van der Waals surface area contributed by atoms with Gasteiger partial charge in [0.2, 0.25) is 0 Å². The number of likely N-dealkylation sites (tertiary alicyclic amines) is 1. The SMILES string of the molecule is c1ccc(CN2CCC[C@@]3(C[C@@H](n4ccnc4)CO3)C2)nc1. The van der Waals surface area contributed by atoms with Gasteiger partial charge >= 0.3 is 0 Å². The molecule has 5 nitrogen and oxygen atoms in total. The standard InChI is InChI=1S/C17H22N4O/c1-2-6-19-15(4-1)11-20-8-3-5-17(13-20)10-16(12-22-17)21-9-7-18-14-21/h1-2,4,6-7,9,14,16H,3,5,8,10-13H2/t16-,17-/m1/s1. The zero-order chi connectivity index (χ0) is 14.8. The lowest BCUT2D eigenvalue weighted by Gasteiger charge is -2.39. The number of piperidine rings is 1. The first kappa shape index (κ1) is 13.9. The second-order valence-corrected chi connectivity index (χ2v) is 6.50. The van der Waals surface area contributed by atoms with Crippen LogP contribution in [0.2, 0.25) is 0 Å². The summed E-state index contributed by atoms with van der Waals surface area (Å²) >= 11 is 0. The van der Waals surface area contributed by atoms with Crippen molar-refractivity contribution in [1.29, 1.82) is 0 Å². The molecule has 2 aliphatic rings. The molecule has 0 aliphatic carbocycles. The van der Waals surface area contributed by atoms with Crippen LogP contribution in [-0.2, 0) is 11.3 Å². The first-order chi connectivity index (χ1) is 10.8. The highest BCUT2D eigenvalue weighted by Gasteiger charge is 2.43. The molecule has 0 radical (unpaired) electrons. The molecule has 22 heavy (non-hydrogen) atoms. The Kier molecular flexibility index (Phi) is 3.68. The van der Waals surface area contributed by atoms with E-state index in [1.807, 2.05) is 31.0 Å². The molecular weight excluding hydrogens is 276 g/mol. The van der Waals surface area contributed by atoms with E-state index in [1.165, 1.54) is 6.42 Å². The molecule has 2 fully saturated rings. The Balaban J connectivity index is 1.43. The van der Waals surface area contributed by atoms with Gasteiger partial charge in [-0.05, 0) is 31.5 Å². The van der Waals surface area contributed by atoms with Gasteiger partial charge in [-0.15, -0.1) is 0 Å². The second-order valence-electron chi connectivity index (χ2n) is 6.50. The second kappa shape index (κ2) is 5.82. The number of aromatic nitrogens is 3. The van der Waals surface area contributed by atoms with Crippen LogP contribution in [0, 0.1) is 0 Å². The van der Waals surface area contributed by atoms with Crippen molar-refractivity contribution in [2.75, 3.05) is 19.7 Å². The Morgan fingerprint density at radius 3 is 3.14 bits per heavy atom. The molecule has 5 heteroatoms. The van der Waals surface area contributed by atoms with Crippen LogP contribution in [0.5, 0.6) is 0 Å². The average Bonchev–Trinajstić information content (AvgIpc) is 3.19. The molecule has 0 bridgehead atoms. The van der Waals surface area contributed by atoms with Crippen LogP contribution in [0.3, 0.4) is 0 Å². The summed E-state index contributed by atoms with van der Waals surface area (Å²) in [6, 6.07) is 6.56. The Bertz CT molecular complexity index is 600. The molecule has 116 valence electrons. The molecule has 0 unspecified atom stereocenters. The Morgan fingerprint density at radius 1 is 1.32 bits per heavy atom. The Labute approximate surface area is 130 Å². The molecule has 4 heterocycles. The maximum Gasteiger partial charge on any atom is 0.0949 e. The minimum atomic E-state index is 0.0158. The van der Waals surface area contributed by atoms with Gasteiger partial charge in [0.1, 0.15) is 0 Å². The molecule has 2 aromatic heterocycles. The Hall–Kier alpha value is -1.72. The highest BCUT2D eigenvalue weighted by atomic mass is 16.5. The quantitative estimate of drug-likeness (QED) is 0.872. The molecule has 4 rings (SSSR count). The summed E-state index contributed by atoms with van der Waals surface area (Å²) in [5.41, 5.74) is 1.16. The third kappa shape index (κ3) is 2.78. The van der Waals surface area contributed by atoms with Crippen molar-refractivity contribution in [1.82, 2.24) is 19.4 Å². The van der Waals surface area contributed by atoms with E-state index in [9.17, 15) is 0 Å². The van der Waals surface area contributed by atoms with Gasteiger partial charge in [-0.3, -0.25) is 9.88 Å². The van der Waals surface area contributed by atoms with E-state index >= 15 is 0 Å². The maximum atomic E-state index is 6.28. The molecule has 0 aromatic carbocycles. The predicted octanol–water partition coefficient (Wildman–Crippen LogP) is 2.27. The van der Waals surface area contributed by atoms with E-state index in [4.69, 9.17) is 4.74 Å². The maximum absolute atomic E-state index is 6.28. The summed E-state index contributed by atoms with van der Waals surface area (Å²) in [7, 11) is 0. The van der Waals surface area contributed by atoms with Gasteiger partial charge in [0.15, 0.2) is 0 Å². The number of nitrogens with zero attached hydrogens (tertiary/aromatic N) is 4. The van der Waals surface area contributed by atoms with Crippen molar-refractivity contribution >= 4 is 0 Å². The van der Waals surface area contributed by atoms with E-state index in [0.29, 0.717) is 6.04 Å².